The van der Waals surface area contributed by atoms with Crippen LogP contribution in [0, 0.1) is 11.3 Å². The van der Waals surface area contributed by atoms with E-state index in [0.29, 0.717) is 0 Å². The van der Waals surface area contributed by atoms with Gasteiger partial charge in [-0.25, -0.2) is 0 Å². The van der Waals surface area contributed by atoms with Gasteiger partial charge in [0.1, 0.15) is 18.2 Å². The van der Waals surface area contributed by atoms with Crippen LogP contribution in [0.15, 0.2) is 34.4 Å². The second-order valence-electron chi connectivity index (χ2n) is 8.22. The first-order chi connectivity index (χ1) is 14.5. The van der Waals surface area contributed by atoms with Crippen molar-refractivity contribution in [2.75, 3.05) is 6.54 Å². The molecular weight excluding hydrogens is 444 g/mol. The van der Waals surface area contributed by atoms with Crippen molar-refractivity contribution in [3.63, 3.8) is 0 Å². The fourth-order valence-electron chi connectivity index (χ4n) is 4.04. The number of nitrogens with zero attached hydrogens (tertiary/aromatic N) is 3. The van der Waals surface area contributed by atoms with E-state index in [1.165, 1.54) is 6.42 Å². The lowest BCUT2D eigenvalue weighted by Gasteiger charge is -2.33. The van der Waals surface area contributed by atoms with Crippen molar-refractivity contribution in [1.29, 1.82) is 5.26 Å². The van der Waals surface area contributed by atoms with Crippen LogP contribution in [0.25, 0.3) is 17.0 Å². The average Bonchev–Trinajstić information content (AvgIpc) is 3.48. The van der Waals surface area contributed by atoms with Crippen LogP contribution >= 0.6 is 15.9 Å². The molecule has 2 amide bonds. The third-order valence-electron chi connectivity index (χ3n) is 5.88. The van der Waals surface area contributed by atoms with E-state index in [1.807, 2.05) is 39.9 Å². The number of aromatic nitrogens is 1. The molecular formula is C23H25BrN4O2. The highest BCUT2D eigenvalue weighted by Crippen LogP contribution is 2.28. The first-order valence-corrected chi connectivity index (χ1v) is 11.3. The van der Waals surface area contributed by atoms with Gasteiger partial charge in [-0.15, -0.1) is 0 Å². The predicted molar refractivity (Wildman–Crippen MR) is 119 cm³/mol. The monoisotopic (exact) mass is 468 g/mol. The molecule has 6 nitrogen and oxygen atoms in total. The highest BCUT2D eigenvalue weighted by molar-refractivity contribution is 9.10. The Balaban J connectivity index is 1.66. The number of halogens is 1. The highest BCUT2D eigenvalue weighted by Gasteiger charge is 2.26. The molecule has 7 heteroatoms. The van der Waals surface area contributed by atoms with Crippen molar-refractivity contribution >= 4 is 44.7 Å². The number of likely N-dealkylation sites (tertiary alicyclic amines) is 1. The van der Waals surface area contributed by atoms with Crippen molar-refractivity contribution in [2.45, 2.75) is 57.7 Å². The number of carbonyl (C=O) groups excluding carboxylic acids is 2. The SMILES string of the molecule is C[C@H]1CCCCN1C(=O)Cn1cc(/C=C(\C#N)C(=O)NC2CC2)c2cc(Br)ccc21. The normalized spacial score (nSPS) is 19.6. The van der Waals surface area contributed by atoms with Crippen molar-refractivity contribution in [3.8, 4) is 6.07 Å². The summed E-state index contributed by atoms with van der Waals surface area (Å²) in [5.74, 6) is -0.237. The molecule has 1 N–H and O–H groups in total. The Labute approximate surface area is 184 Å². The van der Waals surface area contributed by atoms with Crippen molar-refractivity contribution < 1.29 is 9.59 Å². The van der Waals surface area contributed by atoms with Gasteiger partial charge in [0.05, 0.1) is 0 Å². The third-order valence-corrected chi connectivity index (χ3v) is 6.37. The van der Waals surface area contributed by atoms with Gasteiger partial charge in [-0.1, -0.05) is 15.9 Å². The summed E-state index contributed by atoms with van der Waals surface area (Å²) < 4.78 is 2.82. The summed E-state index contributed by atoms with van der Waals surface area (Å²) in [4.78, 5) is 27.3. The summed E-state index contributed by atoms with van der Waals surface area (Å²) in [5, 5.41) is 13.3. The van der Waals surface area contributed by atoms with E-state index >= 15 is 0 Å². The van der Waals surface area contributed by atoms with E-state index < -0.39 is 0 Å². The summed E-state index contributed by atoms with van der Waals surface area (Å²) >= 11 is 3.50. The molecule has 156 valence electrons. The second kappa shape index (κ2) is 8.65. The lowest BCUT2D eigenvalue weighted by atomic mass is 10.0. The molecule has 0 bridgehead atoms. The maximum Gasteiger partial charge on any atom is 0.262 e. The molecule has 1 atom stereocenters. The van der Waals surface area contributed by atoms with E-state index in [0.717, 1.165) is 53.2 Å². The van der Waals surface area contributed by atoms with E-state index in [2.05, 4.69) is 28.2 Å². The molecule has 2 aliphatic rings. The lowest BCUT2D eigenvalue weighted by Crippen LogP contribution is -2.43. The molecule has 0 unspecified atom stereocenters. The molecule has 1 aromatic carbocycles. The lowest BCUT2D eigenvalue weighted by molar-refractivity contribution is -0.135. The molecule has 2 aromatic rings. The van der Waals surface area contributed by atoms with Gasteiger partial charge < -0.3 is 14.8 Å². The van der Waals surface area contributed by atoms with Gasteiger partial charge >= 0.3 is 0 Å². The van der Waals surface area contributed by atoms with Gasteiger partial charge in [-0.3, -0.25) is 9.59 Å². The summed E-state index contributed by atoms with van der Waals surface area (Å²) in [6, 6.07) is 8.33. The van der Waals surface area contributed by atoms with Crippen LogP contribution in [0.1, 0.15) is 44.6 Å². The Bertz CT molecular complexity index is 1060. The number of benzene rings is 1. The number of hydrogen-bond donors (Lipinski definition) is 1. The second-order valence-corrected chi connectivity index (χ2v) is 9.14. The fraction of sp³-hybridized carbons (Fsp3) is 0.435. The molecule has 4 rings (SSSR count). The zero-order chi connectivity index (χ0) is 21.3. The summed E-state index contributed by atoms with van der Waals surface area (Å²) in [6.45, 7) is 3.15. The van der Waals surface area contributed by atoms with Crippen molar-refractivity contribution in [2.24, 2.45) is 0 Å². The van der Waals surface area contributed by atoms with Crippen LogP contribution in [0.5, 0.6) is 0 Å². The first kappa shape index (κ1) is 20.7. The largest absolute Gasteiger partial charge is 0.349 e. The van der Waals surface area contributed by atoms with Gasteiger partial charge in [-0.2, -0.15) is 5.26 Å². The molecule has 2 fully saturated rings. The van der Waals surface area contributed by atoms with Crippen LogP contribution in [0.3, 0.4) is 0 Å². The molecule has 1 aliphatic heterocycles. The molecule has 0 radical (unpaired) electrons. The van der Waals surface area contributed by atoms with E-state index in [9.17, 15) is 14.9 Å². The Morgan fingerprint density at radius 1 is 1.30 bits per heavy atom. The first-order valence-electron chi connectivity index (χ1n) is 10.5. The zero-order valence-electron chi connectivity index (χ0n) is 17.0. The van der Waals surface area contributed by atoms with Crippen molar-refractivity contribution in [1.82, 2.24) is 14.8 Å². The highest BCUT2D eigenvalue weighted by atomic mass is 79.9. The number of carbonyl (C=O) groups is 2. The molecule has 1 aromatic heterocycles. The summed E-state index contributed by atoms with van der Waals surface area (Å²) in [7, 11) is 0. The number of piperidine rings is 1. The molecule has 30 heavy (non-hydrogen) atoms. The topological polar surface area (TPSA) is 78.1 Å². The van der Waals surface area contributed by atoms with E-state index in [4.69, 9.17) is 0 Å². The Morgan fingerprint density at radius 3 is 2.80 bits per heavy atom. The smallest absolute Gasteiger partial charge is 0.262 e. The van der Waals surface area contributed by atoms with Crippen LogP contribution in [-0.4, -0.2) is 39.9 Å². The van der Waals surface area contributed by atoms with E-state index in [-0.39, 0.29) is 36.0 Å². The fourth-order valence-corrected chi connectivity index (χ4v) is 4.40. The van der Waals surface area contributed by atoms with Gasteiger partial charge in [0.15, 0.2) is 0 Å². The van der Waals surface area contributed by atoms with Gasteiger partial charge in [0, 0.05) is 45.8 Å². The molecule has 1 saturated heterocycles. The Kier molecular flexibility index (Phi) is 5.96. The number of amides is 2. The molecule has 1 aliphatic carbocycles. The van der Waals surface area contributed by atoms with Crippen LogP contribution in [0.4, 0.5) is 0 Å². The average molecular weight is 469 g/mol. The quantitative estimate of drug-likeness (QED) is 0.532. The van der Waals surface area contributed by atoms with Gasteiger partial charge in [-0.05, 0) is 63.3 Å². The number of rotatable bonds is 5. The van der Waals surface area contributed by atoms with Crippen LogP contribution in [0.2, 0.25) is 0 Å². The maximum absolute atomic E-state index is 13.0. The number of nitriles is 1. The maximum atomic E-state index is 13.0. The standard InChI is InChI=1S/C23H25BrN4O2/c1-15-4-2-3-9-28(15)22(29)14-27-13-17(20-11-18(24)5-8-21(20)27)10-16(12-25)23(30)26-19-6-7-19/h5,8,10-11,13,15,19H,2-4,6-7,9,14H2,1H3,(H,26,30)/b16-10+/t15-/m0/s1. The Hall–Kier alpha value is -2.59. The Morgan fingerprint density at radius 2 is 2.10 bits per heavy atom. The predicted octanol–water partition coefficient (Wildman–Crippen LogP) is 3.99. The van der Waals surface area contributed by atoms with Gasteiger partial charge in [0.25, 0.3) is 5.91 Å². The molecule has 0 spiro atoms. The molecule has 2 heterocycles. The van der Waals surface area contributed by atoms with E-state index in [1.54, 1.807) is 6.08 Å². The summed E-state index contributed by atoms with van der Waals surface area (Å²) in [6.07, 6.45) is 8.68. The number of fused-ring (bicyclic) bond motifs is 1. The number of nitrogens with one attached hydrogen (secondary N) is 1. The number of hydrogen-bond acceptors (Lipinski definition) is 3. The minimum atomic E-state index is -0.339. The minimum absolute atomic E-state index is 0.0805. The zero-order valence-corrected chi connectivity index (χ0v) is 18.6. The van der Waals surface area contributed by atoms with Crippen LogP contribution in [-0.2, 0) is 16.1 Å². The minimum Gasteiger partial charge on any atom is -0.349 e. The summed E-state index contributed by atoms with van der Waals surface area (Å²) in [5.41, 5.74) is 1.74. The van der Waals surface area contributed by atoms with Crippen molar-refractivity contribution in [3.05, 3.63) is 40.0 Å². The van der Waals surface area contributed by atoms with Crippen LogP contribution < -0.4 is 5.32 Å². The third kappa shape index (κ3) is 4.44. The van der Waals surface area contributed by atoms with Gasteiger partial charge in [0.2, 0.25) is 5.91 Å². The molecule has 1 saturated carbocycles.